The van der Waals surface area contributed by atoms with Crippen molar-refractivity contribution in [2.24, 2.45) is 0 Å². The molecule has 0 saturated carbocycles. The summed E-state index contributed by atoms with van der Waals surface area (Å²) in [6.07, 6.45) is 0.211. The molecule has 4 atom stereocenters. The molecule has 4 rings (SSSR count). The summed E-state index contributed by atoms with van der Waals surface area (Å²) in [5, 5.41) is 12.3. The summed E-state index contributed by atoms with van der Waals surface area (Å²) >= 11 is 0. The van der Waals surface area contributed by atoms with E-state index in [2.05, 4.69) is 20.3 Å². The predicted octanol–water partition coefficient (Wildman–Crippen LogP) is 1.58. The maximum absolute atomic E-state index is 12.1. The number of anilines is 1. The lowest BCUT2D eigenvalue weighted by atomic mass is 10.1. The van der Waals surface area contributed by atoms with Crippen LogP contribution in [0.25, 0.3) is 11.2 Å². The molecule has 1 unspecified atom stereocenters. The van der Waals surface area contributed by atoms with Gasteiger partial charge in [-0.25, -0.2) is 19.7 Å². The van der Waals surface area contributed by atoms with Gasteiger partial charge in [0.15, 0.2) is 29.0 Å². The van der Waals surface area contributed by atoms with Crippen molar-refractivity contribution in [2.75, 3.05) is 11.9 Å². The monoisotopic (exact) mass is 407 g/mol. The molecule has 2 aliphatic rings. The second-order valence-corrected chi connectivity index (χ2v) is 8.49. The van der Waals surface area contributed by atoms with Crippen LogP contribution in [0.1, 0.15) is 40.8 Å². The third-order valence-electron chi connectivity index (χ3n) is 4.56. The molecule has 2 fully saturated rings. The average Bonchev–Trinajstić information content (AvgIpc) is 3.24. The van der Waals surface area contributed by atoms with Crippen LogP contribution in [0, 0.1) is 0 Å². The highest BCUT2D eigenvalue weighted by molar-refractivity contribution is 5.93. The zero-order valence-corrected chi connectivity index (χ0v) is 16.9. The minimum absolute atomic E-state index is 0.204. The van der Waals surface area contributed by atoms with E-state index in [9.17, 15) is 9.90 Å². The fourth-order valence-corrected chi connectivity index (χ4v) is 3.56. The van der Waals surface area contributed by atoms with Crippen molar-refractivity contribution < 1.29 is 28.8 Å². The number of imidazole rings is 1. The van der Waals surface area contributed by atoms with Gasteiger partial charge < -0.3 is 24.1 Å². The smallest absolute Gasteiger partial charge is 0.413 e. The van der Waals surface area contributed by atoms with E-state index in [0.717, 1.165) is 0 Å². The summed E-state index contributed by atoms with van der Waals surface area (Å²) in [4.78, 5) is 24.9. The number of amides is 1. The molecule has 0 radical (unpaired) electrons. The van der Waals surface area contributed by atoms with Crippen LogP contribution in [0.3, 0.4) is 0 Å². The molecule has 1 amide bonds. The van der Waals surface area contributed by atoms with Gasteiger partial charge in [0.05, 0.1) is 12.9 Å². The Hall–Kier alpha value is -2.34. The van der Waals surface area contributed by atoms with Crippen LogP contribution in [0.5, 0.6) is 0 Å². The van der Waals surface area contributed by atoms with Gasteiger partial charge in [0.25, 0.3) is 0 Å². The number of nitrogens with one attached hydrogen (secondary N) is 1. The first-order chi connectivity index (χ1) is 13.6. The SMILES string of the molecule is CC(C)(C)OC(=O)Nc1ncnc2c1ncn2[C@@H]1O[C@H](CO)[C@@H]2OC(C)(C)OC21. The Bertz CT molecular complexity index is 923. The Labute approximate surface area is 167 Å². The number of aromatic nitrogens is 4. The van der Waals surface area contributed by atoms with Crippen LogP contribution in [0.2, 0.25) is 0 Å². The van der Waals surface area contributed by atoms with E-state index in [0.29, 0.717) is 11.2 Å². The molecule has 0 spiro atoms. The number of carbonyl (C=O) groups excluding carboxylic acids is 1. The lowest BCUT2D eigenvalue weighted by Crippen LogP contribution is -2.31. The summed E-state index contributed by atoms with van der Waals surface area (Å²) in [6, 6.07) is 0. The molecule has 11 heteroatoms. The minimum Gasteiger partial charge on any atom is -0.444 e. The van der Waals surface area contributed by atoms with Crippen LogP contribution >= 0.6 is 0 Å². The zero-order valence-electron chi connectivity index (χ0n) is 16.9. The van der Waals surface area contributed by atoms with Gasteiger partial charge in [-0.15, -0.1) is 0 Å². The van der Waals surface area contributed by atoms with Crippen LogP contribution in [-0.4, -0.2) is 67.0 Å². The van der Waals surface area contributed by atoms with Crippen molar-refractivity contribution >= 4 is 23.1 Å². The number of nitrogens with zero attached hydrogens (tertiary/aromatic N) is 4. The third-order valence-corrected chi connectivity index (χ3v) is 4.56. The molecule has 0 aromatic carbocycles. The zero-order chi connectivity index (χ0) is 21.0. The molecule has 158 valence electrons. The van der Waals surface area contributed by atoms with Crippen molar-refractivity contribution in [3.8, 4) is 0 Å². The number of hydrogen-bond acceptors (Lipinski definition) is 9. The highest BCUT2D eigenvalue weighted by Crippen LogP contribution is 2.43. The quantitative estimate of drug-likeness (QED) is 0.779. The number of fused-ring (bicyclic) bond motifs is 2. The Morgan fingerprint density at radius 3 is 2.69 bits per heavy atom. The Kier molecular flexibility index (Phi) is 4.73. The fraction of sp³-hybridized carbons (Fsp3) is 0.667. The van der Waals surface area contributed by atoms with E-state index < -0.39 is 42.0 Å². The van der Waals surface area contributed by atoms with Gasteiger partial charge in [-0.05, 0) is 34.6 Å². The lowest BCUT2D eigenvalue weighted by molar-refractivity contribution is -0.199. The molecule has 11 nitrogen and oxygen atoms in total. The Morgan fingerprint density at radius 2 is 2.00 bits per heavy atom. The van der Waals surface area contributed by atoms with Crippen LogP contribution < -0.4 is 5.32 Å². The second-order valence-electron chi connectivity index (χ2n) is 8.49. The molecular weight excluding hydrogens is 382 g/mol. The molecule has 2 saturated heterocycles. The normalized spacial score (nSPS) is 28.5. The van der Waals surface area contributed by atoms with Crippen molar-refractivity contribution in [3.63, 3.8) is 0 Å². The number of rotatable bonds is 3. The molecule has 2 aliphatic heterocycles. The van der Waals surface area contributed by atoms with Gasteiger partial charge >= 0.3 is 6.09 Å². The molecule has 29 heavy (non-hydrogen) atoms. The van der Waals surface area contributed by atoms with Gasteiger partial charge in [-0.2, -0.15) is 0 Å². The van der Waals surface area contributed by atoms with E-state index in [4.69, 9.17) is 18.9 Å². The first-order valence-electron chi connectivity index (χ1n) is 9.37. The average molecular weight is 407 g/mol. The topological polar surface area (TPSA) is 130 Å². The summed E-state index contributed by atoms with van der Waals surface area (Å²) in [6.45, 7) is 8.74. The van der Waals surface area contributed by atoms with Crippen molar-refractivity contribution in [1.29, 1.82) is 0 Å². The standard InChI is InChI=1S/C18H25N5O6/c1-17(2,3)29-16(25)22-13-10-14(20-7-19-13)23(8-21-10)15-12-11(9(6-24)26-15)27-18(4,5)28-12/h7-9,11-12,15,24H,6H2,1-5H3,(H,19,20,22,25)/t9-,11+,12?,15-/m1/s1. The summed E-state index contributed by atoms with van der Waals surface area (Å²) < 4.78 is 24.8. The molecule has 0 bridgehead atoms. The molecular formula is C18H25N5O6. The van der Waals surface area contributed by atoms with E-state index in [1.54, 1.807) is 25.3 Å². The lowest BCUT2D eigenvalue weighted by Gasteiger charge is -2.24. The summed E-state index contributed by atoms with van der Waals surface area (Å²) in [5.74, 6) is -0.570. The number of aliphatic hydroxyl groups excluding tert-OH is 1. The predicted molar refractivity (Wildman–Crippen MR) is 100 cm³/mol. The van der Waals surface area contributed by atoms with Gasteiger partial charge in [-0.3, -0.25) is 9.88 Å². The number of aliphatic hydroxyl groups is 1. The number of hydrogen-bond donors (Lipinski definition) is 2. The molecule has 0 aliphatic carbocycles. The summed E-state index contributed by atoms with van der Waals surface area (Å²) in [7, 11) is 0. The van der Waals surface area contributed by atoms with Gasteiger partial charge in [0.1, 0.15) is 30.2 Å². The van der Waals surface area contributed by atoms with Gasteiger partial charge in [0, 0.05) is 0 Å². The maximum Gasteiger partial charge on any atom is 0.413 e. The first kappa shape index (κ1) is 20.0. The minimum atomic E-state index is -0.792. The Balaban J connectivity index is 1.64. The number of ether oxygens (including phenoxy) is 4. The largest absolute Gasteiger partial charge is 0.444 e. The second kappa shape index (κ2) is 6.87. The van der Waals surface area contributed by atoms with Crippen molar-refractivity contribution in [3.05, 3.63) is 12.7 Å². The third kappa shape index (κ3) is 3.78. The highest BCUT2D eigenvalue weighted by atomic mass is 16.8. The van der Waals surface area contributed by atoms with E-state index in [1.165, 1.54) is 12.7 Å². The van der Waals surface area contributed by atoms with Crippen LogP contribution in [-0.2, 0) is 18.9 Å². The Morgan fingerprint density at radius 1 is 1.28 bits per heavy atom. The molecule has 2 N–H and O–H groups in total. The highest BCUT2D eigenvalue weighted by Gasteiger charge is 2.56. The number of carbonyl (C=O) groups is 1. The van der Waals surface area contributed by atoms with Crippen molar-refractivity contribution in [2.45, 2.75) is 70.5 Å². The first-order valence-corrected chi connectivity index (χ1v) is 9.37. The van der Waals surface area contributed by atoms with Crippen LogP contribution in [0.15, 0.2) is 12.7 Å². The van der Waals surface area contributed by atoms with Crippen molar-refractivity contribution in [1.82, 2.24) is 19.5 Å². The van der Waals surface area contributed by atoms with E-state index in [-0.39, 0.29) is 12.4 Å². The van der Waals surface area contributed by atoms with Gasteiger partial charge in [-0.1, -0.05) is 0 Å². The summed E-state index contributed by atoms with van der Waals surface area (Å²) in [5.41, 5.74) is 0.180. The van der Waals surface area contributed by atoms with E-state index >= 15 is 0 Å². The fourth-order valence-electron chi connectivity index (χ4n) is 3.56. The van der Waals surface area contributed by atoms with Crippen LogP contribution in [0.4, 0.5) is 10.6 Å². The molecule has 4 heterocycles. The molecule has 2 aromatic rings. The van der Waals surface area contributed by atoms with Gasteiger partial charge in [0.2, 0.25) is 0 Å². The van der Waals surface area contributed by atoms with E-state index in [1.807, 2.05) is 13.8 Å². The molecule has 2 aromatic heterocycles. The maximum atomic E-state index is 12.1.